The molecule has 7 heteroatoms. The van der Waals surface area contributed by atoms with Gasteiger partial charge in [-0.3, -0.25) is 10.1 Å². The van der Waals surface area contributed by atoms with E-state index in [1.54, 1.807) is 29.0 Å². The summed E-state index contributed by atoms with van der Waals surface area (Å²) in [5, 5.41) is 4.67. The van der Waals surface area contributed by atoms with Crippen LogP contribution in [0.5, 0.6) is 0 Å². The lowest BCUT2D eigenvalue weighted by Crippen LogP contribution is -2.14. The molecule has 1 aromatic carbocycles. The van der Waals surface area contributed by atoms with Crippen molar-refractivity contribution in [1.29, 1.82) is 0 Å². The molecular weight excluding hydrogens is 353 g/mol. The maximum absolute atomic E-state index is 12.2. The van der Waals surface area contributed by atoms with Gasteiger partial charge in [0, 0.05) is 40.8 Å². The SMILES string of the molecule is Cn1cccc1C(=O)Nc1ncc(Cc2cc(Cl)ccc2Cl)s1. The van der Waals surface area contributed by atoms with Crippen LogP contribution in [0.1, 0.15) is 20.9 Å². The van der Waals surface area contributed by atoms with E-state index in [4.69, 9.17) is 23.2 Å². The molecule has 0 bridgehead atoms. The van der Waals surface area contributed by atoms with Gasteiger partial charge in [0.05, 0.1) is 0 Å². The number of anilines is 1. The predicted molar refractivity (Wildman–Crippen MR) is 94.7 cm³/mol. The highest BCUT2D eigenvalue weighted by Crippen LogP contribution is 2.27. The lowest BCUT2D eigenvalue weighted by atomic mass is 10.1. The lowest BCUT2D eigenvalue weighted by molar-refractivity contribution is 0.101. The second-order valence-electron chi connectivity index (χ2n) is 5.00. The summed E-state index contributed by atoms with van der Waals surface area (Å²) in [4.78, 5) is 17.4. The number of aryl methyl sites for hydroxylation is 1. The smallest absolute Gasteiger partial charge is 0.274 e. The monoisotopic (exact) mass is 365 g/mol. The minimum Gasteiger partial charge on any atom is -0.347 e. The summed E-state index contributed by atoms with van der Waals surface area (Å²) < 4.78 is 1.76. The molecule has 0 saturated heterocycles. The molecule has 1 amide bonds. The first-order valence-electron chi connectivity index (χ1n) is 6.84. The molecule has 3 aromatic rings. The first kappa shape index (κ1) is 16.1. The third kappa shape index (κ3) is 3.75. The summed E-state index contributed by atoms with van der Waals surface area (Å²) in [5.41, 5.74) is 1.52. The number of carbonyl (C=O) groups excluding carboxylic acids is 1. The molecule has 3 rings (SSSR count). The molecular formula is C16H13Cl2N3OS. The Hall–Kier alpha value is -1.82. The molecule has 0 aliphatic heterocycles. The summed E-state index contributed by atoms with van der Waals surface area (Å²) >= 11 is 13.6. The van der Waals surface area contributed by atoms with E-state index in [2.05, 4.69) is 10.3 Å². The fourth-order valence-electron chi connectivity index (χ4n) is 2.17. The molecule has 0 atom stereocenters. The molecule has 23 heavy (non-hydrogen) atoms. The molecule has 0 saturated carbocycles. The topological polar surface area (TPSA) is 46.9 Å². The van der Waals surface area contributed by atoms with Crippen molar-refractivity contribution in [1.82, 2.24) is 9.55 Å². The Kier molecular flexibility index (Phi) is 4.71. The van der Waals surface area contributed by atoms with E-state index >= 15 is 0 Å². The molecule has 0 aliphatic rings. The summed E-state index contributed by atoms with van der Waals surface area (Å²) in [6.45, 7) is 0. The van der Waals surface area contributed by atoms with Crippen LogP contribution in [0.3, 0.4) is 0 Å². The minimum absolute atomic E-state index is 0.181. The first-order valence-corrected chi connectivity index (χ1v) is 8.41. The number of thiazole rings is 1. The van der Waals surface area contributed by atoms with Crippen molar-refractivity contribution in [2.75, 3.05) is 5.32 Å². The number of amides is 1. The molecule has 0 unspecified atom stereocenters. The molecule has 0 spiro atoms. The Bertz CT molecular complexity index is 857. The van der Waals surface area contributed by atoms with Crippen molar-refractivity contribution in [2.24, 2.45) is 7.05 Å². The molecule has 118 valence electrons. The van der Waals surface area contributed by atoms with Gasteiger partial charge in [-0.15, -0.1) is 11.3 Å². The Balaban J connectivity index is 1.72. The number of nitrogens with one attached hydrogen (secondary N) is 1. The van der Waals surface area contributed by atoms with Crippen LogP contribution in [-0.2, 0) is 13.5 Å². The predicted octanol–water partition coefficient (Wildman–Crippen LogP) is 4.63. The zero-order valence-corrected chi connectivity index (χ0v) is 14.5. The third-order valence-corrected chi connectivity index (χ3v) is 4.84. The van der Waals surface area contributed by atoms with E-state index in [0.717, 1.165) is 10.4 Å². The molecule has 1 N–H and O–H groups in total. The fourth-order valence-corrected chi connectivity index (χ4v) is 3.38. The Morgan fingerprint density at radius 1 is 1.35 bits per heavy atom. The van der Waals surface area contributed by atoms with Crippen LogP contribution in [0.25, 0.3) is 0 Å². The Morgan fingerprint density at radius 3 is 2.91 bits per heavy atom. The fraction of sp³-hybridized carbons (Fsp3) is 0.125. The van der Waals surface area contributed by atoms with E-state index in [9.17, 15) is 4.79 Å². The molecule has 2 heterocycles. The van der Waals surface area contributed by atoms with E-state index in [1.165, 1.54) is 11.3 Å². The van der Waals surface area contributed by atoms with Crippen molar-refractivity contribution in [3.05, 3.63) is 68.9 Å². The summed E-state index contributed by atoms with van der Waals surface area (Å²) in [7, 11) is 1.82. The lowest BCUT2D eigenvalue weighted by Gasteiger charge is -2.03. The van der Waals surface area contributed by atoms with Crippen LogP contribution in [0.4, 0.5) is 5.13 Å². The maximum Gasteiger partial charge on any atom is 0.274 e. The van der Waals surface area contributed by atoms with Gasteiger partial charge in [-0.2, -0.15) is 0 Å². The number of aromatic nitrogens is 2. The number of halogens is 2. The van der Waals surface area contributed by atoms with Crippen molar-refractivity contribution in [3.8, 4) is 0 Å². The van der Waals surface area contributed by atoms with E-state index in [0.29, 0.717) is 27.3 Å². The zero-order chi connectivity index (χ0) is 16.4. The van der Waals surface area contributed by atoms with Gasteiger partial charge in [-0.05, 0) is 35.9 Å². The number of benzene rings is 1. The summed E-state index contributed by atoms with van der Waals surface area (Å²) in [6.07, 6.45) is 4.18. The van der Waals surface area contributed by atoms with Gasteiger partial charge in [0.2, 0.25) is 0 Å². The summed E-state index contributed by atoms with van der Waals surface area (Å²) in [6, 6.07) is 8.95. The van der Waals surface area contributed by atoms with Crippen LogP contribution in [-0.4, -0.2) is 15.5 Å². The number of hydrogen-bond donors (Lipinski definition) is 1. The number of nitrogens with zero attached hydrogens (tertiary/aromatic N) is 2. The van der Waals surface area contributed by atoms with Gasteiger partial charge in [0.15, 0.2) is 5.13 Å². The quantitative estimate of drug-likeness (QED) is 0.732. The summed E-state index contributed by atoms with van der Waals surface area (Å²) in [5.74, 6) is -0.181. The standard InChI is InChI=1S/C16H13Cl2N3OS/c1-21-6-2-3-14(21)15(22)20-16-19-9-12(23-16)8-10-7-11(17)4-5-13(10)18/h2-7,9H,8H2,1H3,(H,19,20,22). The second kappa shape index (κ2) is 6.74. The normalized spacial score (nSPS) is 10.7. The van der Waals surface area contributed by atoms with Gasteiger partial charge in [0.25, 0.3) is 5.91 Å². The molecule has 0 fully saturated rings. The largest absolute Gasteiger partial charge is 0.347 e. The van der Waals surface area contributed by atoms with E-state index in [1.807, 2.05) is 25.4 Å². The average molecular weight is 366 g/mol. The van der Waals surface area contributed by atoms with Crippen molar-refractivity contribution < 1.29 is 4.79 Å². The molecule has 4 nitrogen and oxygen atoms in total. The highest BCUT2D eigenvalue weighted by atomic mass is 35.5. The average Bonchev–Trinajstić information content (AvgIpc) is 3.12. The first-order chi connectivity index (χ1) is 11.0. The van der Waals surface area contributed by atoms with Gasteiger partial charge in [-0.1, -0.05) is 23.2 Å². The molecule has 0 aliphatic carbocycles. The minimum atomic E-state index is -0.181. The van der Waals surface area contributed by atoms with E-state index in [-0.39, 0.29) is 5.91 Å². The van der Waals surface area contributed by atoms with Crippen molar-refractivity contribution >= 4 is 45.6 Å². The Morgan fingerprint density at radius 2 is 2.17 bits per heavy atom. The maximum atomic E-state index is 12.2. The van der Waals surface area contributed by atoms with Gasteiger partial charge in [-0.25, -0.2) is 4.98 Å². The van der Waals surface area contributed by atoms with Crippen LogP contribution in [0.2, 0.25) is 10.0 Å². The number of rotatable bonds is 4. The second-order valence-corrected chi connectivity index (χ2v) is 6.96. The van der Waals surface area contributed by atoms with Crippen molar-refractivity contribution in [2.45, 2.75) is 6.42 Å². The molecule has 0 radical (unpaired) electrons. The van der Waals surface area contributed by atoms with Gasteiger partial charge >= 0.3 is 0 Å². The molecule has 2 aromatic heterocycles. The highest BCUT2D eigenvalue weighted by Gasteiger charge is 2.12. The Labute approximate surface area is 147 Å². The van der Waals surface area contributed by atoms with Gasteiger partial charge < -0.3 is 4.57 Å². The van der Waals surface area contributed by atoms with Crippen LogP contribution < -0.4 is 5.32 Å². The van der Waals surface area contributed by atoms with Crippen LogP contribution >= 0.6 is 34.5 Å². The van der Waals surface area contributed by atoms with Gasteiger partial charge in [0.1, 0.15) is 5.69 Å². The third-order valence-electron chi connectivity index (χ3n) is 3.32. The van der Waals surface area contributed by atoms with Crippen LogP contribution in [0.15, 0.2) is 42.7 Å². The van der Waals surface area contributed by atoms with Crippen LogP contribution in [0, 0.1) is 0 Å². The number of hydrogen-bond acceptors (Lipinski definition) is 3. The van der Waals surface area contributed by atoms with Crippen molar-refractivity contribution in [3.63, 3.8) is 0 Å². The number of carbonyl (C=O) groups is 1. The highest BCUT2D eigenvalue weighted by molar-refractivity contribution is 7.15. The van der Waals surface area contributed by atoms with E-state index < -0.39 is 0 Å². The zero-order valence-electron chi connectivity index (χ0n) is 12.2.